The number of imidazole rings is 1. The minimum Gasteiger partial charge on any atom is -0.330 e. The molecule has 106 valence electrons. The first-order valence-electron chi connectivity index (χ1n) is 6.87. The molecule has 1 aliphatic rings. The van der Waals surface area contributed by atoms with Crippen molar-refractivity contribution in [2.75, 3.05) is 6.54 Å². The summed E-state index contributed by atoms with van der Waals surface area (Å²) >= 11 is 0. The largest absolute Gasteiger partial charge is 0.416 e. The molecule has 20 heavy (non-hydrogen) atoms. The van der Waals surface area contributed by atoms with Crippen molar-refractivity contribution < 1.29 is 14.5 Å². The van der Waals surface area contributed by atoms with E-state index >= 15 is 0 Å². The lowest BCUT2D eigenvalue weighted by Crippen LogP contribution is -2.25. The summed E-state index contributed by atoms with van der Waals surface area (Å²) in [4.78, 5) is 4.13. The highest BCUT2D eigenvalue weighted by Gasteiger charge is 2.33. The van der Waals surface area contributed by atoms with Gasteiger partial charge in [-0.2, -0.15) is 13.2 Å². The zero-order chi connectivity index (χ0) is 15.0. The number of halogens is 3. The van der Waals surface area contributed by atoms with E-state index in [0.29, 0.717) is 13.0 Å². The van der Waals surface area contributed by atoms with Gasteiger partial charge in [0.25, 0.3) is 0 Å². The Labute approximate surface area is 115 Å². The molecule has 0 unspecified atom stereocenters. The predicted molar refractivity (Wildman–Crippen MR) is 68.2 cm³/mol. The van der Waals surface area contributed by atoms with Gasteiger partial charge in [0.05, 0.1) is 17.6 Å². The number of aromatic nitrogens is 2. The highest BCUT2D eigenvalue weighted by Crippen LogP contribution is 2.32. The molecule has 0 saturated carbocycles. The van der Waals surface area contributed by atoms with Gasteiger partial charge < -0.3 is 9.88 Å². The van der Waals surface area contributed by atoms with Crippen molar-refractivity contribution >= 4 is 0 Å². The Hall–Kier alpha value is -1.82. The number of hydrogen-bond donors (Lipinski definition) is 1. The summed E-state index contributed by atoms with van der Waals surface area (Å²) in [6.45, 7) is 1.34. The third kappa shape index (κ3) is 2.43. The quantitative estimate of drug-likeness (QED) is 0.917. The minimum absolute atomic E-state index is 0.0145. The first-order chi connectivity index (χ1) is 9.97. The van der Waals surface area contributed by atoms with E-state index in [1.807, 2.05) is 0 Å². The number of nitrogens with zero attached hydrogens (tertiary/aromatic N) is 2. The molecule has 0 fully saturated rings. The van der Waals surface area contributed by atoms with Crippen molar-refractivity contribution in [1.29, 1.82) is 0 Å². The maximum atomic E-state index is 13.0. The molecule has 0 aliphatic carbocycles. The van der Waals surface area contributed by atoms with Gasteiger partial charge in [0.1, 0.15) is 1.37 Å². The van der Waals surface area contributed by atoms with Gasteiger partial charge in [-0.05, 0) is 11.6 Å². The van der Waals surface area contributed by atoms with Gasteiger partial charge in [-0.3, -0.25) is 0 Å². The molecule has 1 N–H and O–H groups in total. The third-order valence-electron chi connectivity index (χ3n) is 3.45. The van der Waals surface area contributed by atoms with Gasteiger partial charge in [0, 0.05) is 31.7 Å². The topological polar surface area (TPSA) is 29.9 Å². The highest BCUT2D eigenvalue weighted by molar-refractivity contribution is 5.30. The summed E-state index contributed by atoms with van der Waals surface area (Å²) in [7, 11) is 0. The fraction of sp³-hybridized carbons (Fsp3) is 0.357. The Balaban J connectivity index is 2.00. The maximum Gasteiger partial charge on any atom is 0.416 e. The van der Waals surface area contributed by atoms with E-state index in [0.717, 1.165) is 24.0 Å². The number of fused-ring (bicyclic) bond motifs is 1. The van der Waals surface area contributed by atoms with Crippen LogP contribution >= 0.6 is 0 Å². The number of alkyl halides is 3. The van der Waals surface area contributed by atoms with E-state index in [2.05, 4.69) is 10.3 Å². The summed E-state index contributed by atoms with van der Waals surface area (Å²) in [5.74, 6) is 0. The van der Waals surface area contributed by atoms with Crippen LogP contribution in [0.4, 0.5) is 13.2 Å². The van der Waals surface area contributed by atoms with Gasteiger partial charge in [-0.15, -0.1) is 0 Å². The Bertz CT molecular complexity index is 664. The first kappa shape index (κ1) is 12.0. The second kappa shape index (κ2) is 4.94. The van der Waals surface area contributed by atoms with E-state index < -0.39 is 11.7 Å². The van der Waals surface area contributed by atoms with Crippen LogP contribution in [0.2, 0.25) is 0 Å². The van der Waals surface area contributed by atoms with Crippen LogP contribution in [0.5, 0.6) is 0 Å². The van der Waals surface area contributed by atoms with Crippen LogP contribution in [0, 0.1) is 0 Å². The van der Waals surface area contributed by atoms with Crippen molar-refractivity contribution in [3.05, 3.63) is 53.1 Å². The minimum atomic E-state index is -4.39. The molecule has 0 spiro atoms. The van der Waals surface area contributed by atoms with Crippen molar-refractivity contribution in [1.82, 2.24) is 14.9 Å². The van der Waals surface area contributed by atoms with E-state index in [4.69, 9.17) is 1.37 Å². The normalized spacial score (nSPS) is 15.8. The van der Waals surface area contributed by atoms with Crippen LogP contribution in [0.3, 0.4) is 0 Å². The molecule has 2 aromatic rings. The van der Waals surface area contributed by atoms with Gasteiger partial charge >= 0.3 is 6.18 Å². The fourth-order valence-electron chi connectivity index (χ4n) is 2.47. The van der Waals surface area contributed by atoms with E-state index in [1.165, 1.54) is 12.1 Å². The molecule has 1 aliphatic heterocycles. The molecule has 2 heterocycles. The van der Waals surface area contributed by atoms with Gasteiger partial charge in [-0.1, -0.05) is 18.2 Å². The molecule has 0 saturated heterocycles. The summed E-state index contributed by atoms with van der Waals surface area (Å²) < 4.78 is 48.6. The maximum absolute atomic E-state index is 13.0. The molecule has 1 aromatic heterocycles. The average molecular weight is 282 g/mol. The standard InChI is InChI=1S/C14H14F3N3/c15-14(16,17)11-4-2-1-3-10(11)8-20-9-19-12-7-18-6-5-13(12)20/h1-4,9,18H,5-8H2/i9D. The molecule has 3 nitrogen and oxygen atoms in total. The zero-order valence-corrected chi connectivity index (χ0v) is 10.7. The number of rotatable bonds is 2. The molecular formula is C14H14F3N3. The van der Waals surface area contributed by atoms with Crippen LogP contribution in [-0.4, -0.2) is 16.1 Å². The Morgan fingerprint density at radius 3 is 2.95 bits per heavy atom. The van der Waals surface area contributed by atoms with Crippen molar-refractivity contribution in [2.24, 2.45) is 0 Å². The lowest BCUT2D eigenvalue weighted by atomic mass is 10.1. The molecule has 6 heteroatoms. The first-order valence-corrected chi connectivity index (χ1v) is 6.37. The smallest absolute Gasteiger partial charge is 0.330 e. The highest BCUT2D eigenvalue weighted by atomic mass is 19.4. The zero-order valence-electron chi connectivity index (χ0n) is 11.7. The van der Waals surface area contributed by atoms with Crippen molar-refractivity contribution in [2.45, 2.75) is 25.7 Å². The molecule has 3 rings (SSSR count). The van der Waals surface area contributed by atoms with Crippen molar-refractivity contribution in [3.8, 4) is 0 Å². The number of benzene rings is 1. The Morgan fingerprint density at radius 2 is 2.15 bits per heavy atom. The van der Waals surface area contributed by atoms with Crippen LogP contribution in [-0.2, 0) is 25.7 Å². The van der Waals surface area contributed by atoms with Crippen LogP contribution < -0.4 is 5.32 Å². The Kier molecular flexibility index (Phi) is 2.95. The van der Waals surface area contributed by atoms with E-state index in [1.54, 1.807) is 10.6 Å². The van der Waals surface area contributed by atoms with E-state index in [9.17, 15) is 13.2 Å². The lowest BCUT2D eigenvalue weighted by molar-refractivity contribution is -0.138. The molecule has 0 radical (unpaired) electrons. The summed E-state index contributed by atoms with van der Waals surface area (Å²) in [6, 6.07) is 5.49. The third-order valence-corrected chi connectivity index (χ3v) is 3.45. The second-order valence-electron chi connectivity index (χ2n) is 4.77. The summed E-state index contributed by atoms with van der Waals surface area (Å²) in [5.41, 5.74) is 1.13. The fourth-order valence-corrected chi connectivity index (χ4v) is 2.47. The average Bonchev–Trinajstić information content (AvgIpc) is 2.75. The SMILES string of the molecule is [2H]c1nc2c(n1Cc1ccccc1C(F)(F)F)CCNC2. The summed E-state index contributed by atoms with van der Waals surface area (Å²) in [5, 5.41) is 3.14. The van der Waals surface area contributed by atoms with Crippen LogP contribution in [0.15, 0.2) is 30.6 Å². The molecular weight excluding hydrogens is 267 g/mol. The second-order valence-corrected chi connectivity index (χ2v) is 4.77. The lowest BCUT2D eigenvalue weighted by Gasteiger charge is -2.17. The van der Waals surface area contributed by atoms with Crippen LogP contribution in [0.1, 0.15) is 23.9 Å². The Morgan fingerprint density at radius 1 is 1.35 bits per heavy atom. The van der Waals surface area contributed by atoms with Crippen molar-refractivity contribution in [3.63, 3.8) is 0 Å². The van der Waals surface area contributed by atoms with E-state index in [-0.39, 0.29) is 18.4 Å². The molecule has 0 bridgehead atoms. The monoisotopic (exact) mass is 282 g/mol. The van der Waals surface area contributed by atoms with Gasteiger partial charge in [0.2, 0.25) is 0 Å². The van der Waals surface area contributed by atoms with Gasteiger partial charge in [-0.25, -0.2) is 4.98 Å². The summed E-state index contributed by atoms with van der Waals surface area (Å²) in [6.07, 6.45) is -3.70. The molecule has 0 amide bonds. The number of nitrogens with one attached hydrogen (secondary N) is 1. The van der Waals surface area contributed by atoms with Gasteiger partial charge in [0.15, 0.2) is 0 Å². The predicted octanol–water partition coefficient (Wildman–Crippen LogP) is 2.60. The number of hydrogen-bond acceptors (Lipinski definition) is 2. The molecule has 1 aromatic carbocycles. The molecule has 0 atom stereocenters. The van der Waals surface area contributed by atoms with Crippen LogP contribution in [0.25, 0.3) is 0 Å².